The van der Waals surface area contributed by atoms with E-state index in [1.807, 2.05) is 12.1 Å². The van der Waals surface area contributed by atoms with E-state index in [1.54, 1.807) is 24.3 Å². The number of halogens is 1. The van der Waals surface area contributed by atoms with Crippen LogP contribution < -0.4 is 4.74 Å². The van der Waals surface area contributed by atoms with Crippen LogP contribution in [0.4, 0.5) is 4.39 Å². The second-order valence-electron chi connectivity index (χ2n) is 3.66. The Hall–Kier alpha value is -1.87. The van der Waals surface area contributed by atoms with E-state index in [1.165, 1.54) is 13.2 Å². The Morgan fingerprint density at radius 2 is 1.88 bits per heavy atom. The van der Waals surface area contributed by atoms with E-state index < -0.39 is 0 Å². The quantitative estimate of drug-likeness (QED) is 0.881. The maximum Gasteiger partial charge on any atom is 0.131 e. The van der Waals surface area contributed by atoms with E-state index in [-0.39, 0.29) is 12.4 Å². The van der Waals surface area contributed by atoms with Crippen LogP contribution in [0.1, 0.15) is 5.56 Å². The summed E-state index contributed by atoms with van der Waals surface area (Å²) < 4.78 is 18.8. The number of ether oxygens (including phenoxy) is 1. The second kappa shape index (κ2) is 4.97. The highest BCUT2D eigenvalue weighted by molar-refractivity contribution is 5.69. The van der Waals surface area contributed by atoms with Crippen LogP contribution in [0.5, 0.6) is 5.75 Å². The Balaban J connectivity index is 2.59. The van der Waals surface area contributed by atoms with E-state index >= 15 is 0 Å². The van der Waals surface area contributed by atoms with Crippen molar-refractivity contribution in [3.8, 4) is 16.9 Å². The third-order valence-electron chi connectivity index (χ3n) is 2.65. The summed E-state index contributed by atoms with van der Waals surface area (Å²) in [6.45, 7) is -0.118. The molecule has 0 saturated carbocycles. The van der Waals surface area contributed by atoms with E-state index in [9.17, 15) is 9.50 Å². The van der Waals surface area contributed by atoms with Crippen molar-refractivity contribution in [2.45, 2.75) is 6.61 Å². The number of aliphatic hydroxyl groups is 1. The Labute approximate surface area is 99.3 Å². The zero-order valence-corrected chi connectivity index (χ0v) is 9.48. The molecule has 0 atom stereocenters. The zero-order valence-electron chi connectivity index (χ0n) is 9.48. The molecule has 0 bridgehead atoms. The predicted molar refractivity (Wildman–Crippen MR) is 64.3 cm³/mol. The standard InChI is InChI=1S/C14H13FO2/c1-17-11-6-7-14(15)13(8-11)12-5-3-2-4-10(12)9-16/h2-8,16H,9H2,1H3. The number of hydrogen-bond acceptors (Lipinski definition) is 2. The van der Waals surface area contributed by atoms with Gasteiger partial charge in [0.15, 0.2) is 0 Å². The Bertz CT molecular complexity index is 523. The SMILES string of the molecule is COc1ccc(F)c(-c2ccccc2CO)c1. The molecule has 0 amide bonds. The second-order valence-corrected chi connectivity index (χ2v) is 3.66. The molecule has 2 rings (SSSR count). The highest BCUT2D eigenvalue weighted by Crippen LogP contribution is 2.29. The number of benzene rings is 2. The van der Waals surface area contributed by atoms with Crippen molar-refractivity contribution in [3.05, 3.63) is 53.8 Å². The normalized spacial score (nSPS) is 10.3. The minimum absolute atomic E-state index is 0.118. The van der Waals surface area contributed by atoms with Gasteiger partial charge in [-0.2, -0.15) is 0 Å². The van der Waals surface area contributed by atoms with Crippen molar-refractivity contribution in [2.24, 2.45) is 0 Å². The fourth-order valence-corrected chi connectivity index (χ4v) is 1.76. The molecule has 0 spiro atoms. The smallest absolute Gasteiger partial charge is 0.131 e. The lowest BCUT2D eigenvalue weighted by atomic mass is 9.99. The summed E-state index contributed by atoms with van der Waals surface area (Å²) in [6, 6.07) is 11.7. The third-order valence-corrected chi connectivity index (χ3v) is 2.65. The molecule has 1 N–H and O–H groups in total. The molecule has 0 radical (unpaired) electrons. The van der Waals surface area contributed by atoms with Gasteiger partial charge in [-0.3, -0.25) is 0 Å². The topological polar surface area (TPSA) is 29.5 Å². The number of rotatable bonds is 3. The van der Waals surface area contributed by atoms with Gasteiger partial charge in [0.1, 0.15) is 11.6 Å². The van der Waals surface area contributed by atoms with Crippen molar-refractivity contribution < 1.29 is 14.2 Å². The van der Waals surface area contributed by atoms with Crippen LogP contribution in [-0.4, -0.2) is 12.2 Å². The van der Waals surface area contributed by atoms with Gasteiger partial charge in [-0.1, -0.05) is 24.3 Å². The fourth-order valence-electron chi connectivity index (χ4n) is 1.76. The Kier molecular flexibility index (Phi) is 3.40. The van der Waals surface area contributed by atoms with Crippen LogP contribution >= 0.6 is 0 Å². The van der Waals surface area contributed by atoms with Gasteiger partial charge >= 0.3 is 0 Å². The molecular weight excluding hydrogens is 219 g/mol. The average molecular weight is 232 g/mol. The van der Waals surface area contributed by atoms with Gasteiger partial charge in [-0.25, -0.2) is 4.39 Å². The fraction of sp³-hybridized carbons (Fsp3) is 0.143. The summed E-state index contributed by atoms with van der Waals surface area (Å²) in [7, 11) is 1.54. The Morgan fingerprint density at radius 3 is 2.59 bits per heavy atom. The van der Waals surface area contributed by atoms with Crippen molar-refractivity contribution in [1.29, 1.82) is 0 Å². The molecule has 0 heterocycles. The summed E-state index contributed by atoms with van der Waals surface area (Å²) >= 11 is 0. The van der Waals surface area contributed by atoms with Gasteiger partial charge in [0.05, 0.1) is 13.7 Å². The van der Waals surface area contributed by atoms with Crippen LogP contribution in [-0.2, 0) is 6.61 Å². The van der Waals surface area contributed by atoms with E-state index in [4.69, 9.17) is 4.74 Å². The van der Waals surface area contributed by atoms with E-state index in [0.29, 0.717) is 22.4 Å². The highest BCUT2D eigenvalue weighted by atomic mass is 19.1. The van der Waals surface area contributed by atoms with Gasteiger partial charge in [0.25, 0.3) is 0 Å². The maximum absolute atomic E-state index is 13.8. The molecule has 0 aromatic heterocycles. The monoisotopic (exact) mass is 232 g/mol. The van der Waals surface area contributed by atoms with E-state index in [2.05, 4.69) is 0 Å². The minimum Gasteiger partial charge on any atom is -0.497 e. The highest BCUT2D eigenvalue weighted by Gasteiger charge is 2.10. The number of hydrogen-bond donors (Lipinski definition) is 1. The van der Waals surface area contributed by atoms with Crippen molar-refractivity contribution in [1.82, 2.24) is 0 Å². The average Bonchev–Trinajstić information content (AvgIpc) is 2.39. The van der Waals surface area contributed by atoms with Crippen LogP contribution in [0.3, 0.4) is 0 Å². The molecule has 88 valence electrons. The molecule has 17 heavy (non-hydrogen) atoms. The summed E-state index contributed by atoms with van der Waals surface area (Å²) in [6.07, 6.45) is 0. The lowest BCUT2D eigenvalue weighted by Gasteiger charge is -2.10. The first-order valence-corrected chi connectivity index (χ1v) is 5.29. The first-order valence-electron chi connectivity index (χ1n) is 5.29. The van der Waals surface area contributed by atoms with Crippen LogP contribution in [0, 0.1) is 5.82 Å². The van der Waals surface area contributed by atoms with Crippen LogP contribution in [0.2, 0.25) is 0 Å². The van der Waals surface area contributed by atoms with Crippen LogP contribution in [0.15, 0.2) is 42.5 Å². The van der Waals surface area contributed by atoms with Gasteiger partial charge < -0.3 is 9.84 Å². The molecule has 0 aliphatic rings. The molecule has 0 unspecified atom stereocenters. The minimum atomic E-state index is -0.327. The van der Waals surface area contributed by atoms with Gasteiger partial charge in [0, 0.05) is 5.56 Å². The maximum atomic E-state index is 13.8. The van der Waals surface area contributed by atoms with E-state index in [0.717, 1.165) is 0 Å². The lowest BCUT2D eigenvalue weighted by Crippen LogP contribution is -1.93. The Morgan fingerprint density at radius 1 is 1.12 bits per heavy atom. The molecule has 0 saturated heterocycles. The third kappa shape index (κ3) is 2.29. The summed E-state index contributed by atoms with van der Waals surface area (Å²) in [5.74, 6) is 0.265. The summed E-state index contributed by atoms with van der Waals surface area (Å²) in [5.41, 5.74) is 1.82. The first kappa shape index (κ1) is 11.6. The zero-order chi connectivity index (χ0) is 12.3. The van der Waals surface area contributed by atoms with Gasteiger partial charge in [-0.15, -0.1) is 0 Å². The van der Waals surface area contributed by atoms with Crippen molar-refractivity contribution >= 4 is 0 Å². The van der Waals surface area contributed by atoms with Gasteiger partial charge in [0.2, 0.25) is 0 Å². The molecule has 0 fully saturated rings. The van der Waals surface area contributed by atoms with Crippen LogP contribution in [0.25, 0.3) is 11.1 Å². The summed E-state index contributed by atoms with van der Waals surface area (Å²) in [5, 5.41) is 9.24. The molecule has 2 aromatic carbocycles. The molecule has 0 aliphatic heterocycles. The molecule has 2 aromatic rings. The van der Waals surface area contributed by atoms with Crippen molar-refractivity contribution in [3.63, 3.8) is 0 Å². The molecule has 2 nitrogen and oxygen atoms in total. The molecule has 3 heteroatoms. The summed E-state index contributed by atoms with van der Waals surface area (Å²) in [4.78, 5) is 0. The lowest BCUT2D eigenvalue weighted by molar-refractivity contribution is 0.282. The van der Waals surface area contributed by atoms with Gasteiger partial charge in [-0.05, 0) is 29.3 Å². The van der Waals surface area contributed by atoms with Crippen molar-refractivity contribution in [2.75, 3.05) is 7.11 Å². The number of aliphatic hydroxyl groups excluding tert-OH is 1. The first-order chi connectivity index (χ1) is 8.26. The molecule has 0 aliphatic carbocycles. The number of methoxy groups -OCH3 is 1. The molecular formula is C14H13FO2. The predicted octanol–water partition coefficient (Wildman–Crippen LogP) is 2.99. The largest absolute Gasteiger partial charge is 0.497 e.